The first kappa shape index (κ1) is 12.1. The largest absolute Gasteiger partial charge is 0.345 e. The van der Waals surface area contributed by atoms with Crippen molar-refractivity contribution in [2.45, 2.75) is 26.8 Å². The maximum atomic E-state index is 11.8. The van der Waals surface area contributed by atoms with E-state index in [0.29, 0.717) is 0 Å². The molecule has 5 heteroatoms. The van der Waals surface area contributed by atoms with Crippen molar-refractivity contribution in [3.05, 3.63) is 21.4 Å². The number of nitrogens with one attached hydrogen (secondary N) is 1. The zero-order chi connectivity index (χ0) is 12.6. The Balaban J connectivity index is 2.24. The standard InChI is InChI=1S/C12H16N2O2S/c1-7-4-10(9(3)17-7)8(2)14-6-11(15)13-5-12(14)16/h4,8H,5-6H2,1-3H3,(H,13,15). The van der Waals surface area contributed by atoms with E-state index in [1.165, 1.54) is 9.75 Å². The lowest BCUT2D eigenvalue weighted by molar-refractivity contribution is -0.142. The van der Waals surface area contributed by atoms with Gasteiger partial charge in [-0.25, -0.2) is 0 Å². The van der Waals surface area contributed by atoms with E-state index in [1.54, 1.807) is 16.2 Å². The summed E-state index contributed by atoms with van der Waals surface area (Å²) < 4.78 is 0. The normalized spacial score (nSPS) is 18.2. The fourth-order valence-electron chi connectivity index (χ4n) is 2.16. The van der Waals surface area contributed by atoms with Crippen molar-refractivity contribution in [1.82, 2.24) is 10.2 Å². The minimum absolute atomic E-state index is 0.0136. The Morgan fingerprint density at radius 2 is 2.12 bits per heavy atom. The van der Waals surface area contributed by atoms with Crippen LogP contribution in [0, 0.1) is 13.8 Å². The lowest BCUT2D eigenvalue weighted by Gasteiger charge is -2.32. The van der Waals surface area contributed by atoms with Crippen LogP contribution in [0.15, 0.2) is 6.07 Å². The summed E-state index contributed by atoms with van der Waals surface area (Å²) in [6.07, 6.45) is 0. The molecule has 2 rings (SSSR count). The van der Waals surface area contributed by atoms with Gasteiger partial charge >= 0.3 is 0 Å². The van der Waals surface area contributed by atoms with Crippen LogP contribution in [-0.2, 0) is 9.59 Å². The lowest BCUT2D eigenvalue weighted by atomic mass is 10.1. The van der Waals surface area contributed by atoms with Crippen molar-refractivity contribution in [2.24, 2.45) is 0 Å². The highest BCUT2D eigenvalue weighted by atomic mass is 32.1. The van der Waals surface area contributed by atoms with Crippen LogP contribution in [0.25, 0.3) is 0 Å². The summed E-state index contributed by atoms with van der Waals surface area (Å²) in [7, 11) is 0. The van der Waals surface area contributed by atoms with Crippen LogP contribution in [0.3, 0.4) is 0 Å². The number of hydrogen-bond donors (Lipinski definition) is 1. The zero-order valence-corrected chi connectivity index (χ0v) is 11.1. The second-order valence-electron chi connectivity index (χ2n) is 4.34. The molecule has 1 aliphatic heterocycles. The second-order valence-corrected chi connectivity index (χ2v) is 5.80. The molecule has 17 heavy (non-hydrogen) atoms. The first-order valence-corrected chi connectivity index (χ1v) is 6.44. The lowest BCUT2D eigenvalue weighted by Crippen LogP contribution is -2.52. The van der Waals surface area contributed by atoms with Crippen LogP contribution < -0.4 is 5.32 Å². The Kier molecular flexibility index (Phi) is 3.19. The molecule has 1 atom stereocenters. The van der Waals surface area contributed by atoms with Crippen LogP contribution in [0.4, 0.5) is 0 Å². The molecule has 2 amide bonds. The number of carbonyl (C=O) groups is 2. The van der Waals surface area contributed by atoms with E-state index in [0.717, 1.165) is 5.56 Å². The smallest absolute Gasteiger partial charge is 0.242 e. The van der Waals surface area contributed by atoms with E-state index in [1.807, 2.05) is 6.92 Å². The Morgan fingerprint density at radius 1 is 1.41 bits per heavy atom. The van der Waals surface area contributed by atoms with Crippen molar-refractivity contribution < 1.29 is 9.59 Å². The van der Waals surface area contributed by atoms with Gasteiger partial charge in [0, 0.05) is 9.75 Å². The van der Waals surface area contributed by atoms with Crippen LogP contribution >= 0.6 is 11.3 Å². The molecule has 1 saturated heterocycles. The number of aryl methyl sites for hydroxylation is 2. The number of piperazine rings is 1. The average molecular weight is 252 g/mol. The van der Waals surface area contributed by atoms with E-state index in [9.17, 15) is 9.59 Å². The maximum Gasteiger partial charge on any atom is 0.242 e. The molecule has 2 heterocycles. The molecule has 4 nitrogen and oxygen atoms in total. The van der Waals surface area contributed by atoms with Gasteiger partial charge in [-0.05, 0) is 32.4 Å². The Labute approximate surface area is 105 Å². The minimum atomic E-state index is -0.0824. The molecule has 1 fully saturated rings. The fourth-order valence-corrected chi connectivity index (χ4v) is 3.18. The Bertz CT molecular complexity index is 467. The van der Waals surface area contributed by atoms with Gasteiger partial charge in [0.15, 0.2) is 0 Å². The highest BCUT2D eigenvalue weighted by Gasteiger charge is 2.29. The second kappa shape index (κ2) is 4.49. The maximum absolute atomic E-state index is 11.8. The molecule has 0 radical (unpaired) electrons. The van der Waals surface area contributed by atoms with Crippen LogP contribution in [0.1, 0.15) is 28.3 Å². The molecule has 0 spiro atoms. The molecular weight excluding hydrogens is 236 g/mol. The van der Waals surface area contributed by atoms with Gasteiger partial charge < -0.3 is 10.2 Å². The predicted octanol–water partition coefficient (Wildman–Crippen LogP) is 1.38. The Hall–Kier alpha value is -1.36. The Morgan fingerprint density at radius 3 is 2.71 bits per heavy atom. The van der Waals surface area contributed by atoms with Crippen molar-refractivity contribution >= 4 is 23.2 Å². The highest BCUT2D eigenvalue weighted by molar-refractivity contribution is 7.12. The molecule has 0 bridgehead atoms. The summed E-state index contributed by atoms with van der Waals surface area (Å²) >= 11 is 1.73. The zero-order valence-electron chi connectivity index (χ0n) is 10.2. The average Bonchev–Trinajstić information content (AvgIpc) is 2.60. The number of hydrogen-bond acceptors (Lipinski definition) is 3. The van der Waals surface area contributed by atoms with Crippen LogP contribution in [0.2, 0.25) is 0 Å². The SMILES string of the molecule is Cc1cc(C(C)N2CC(=O)NCC2=O)c(C)s1. The van der Waals surface area contributed by atoms with Crippen LogP contribution in [-0.4, -0.2) is 29.8 Å². The molecule has 92 valence electrons. The van der Waals surface area contributed by atoms with Gasteiger partial charge in [0.1, 0.15) is 6.54 Å². The molecule has 1 aliphatic rings. The van der Waals surface area contributed by atoms with Crippen molar-refractivity contribution in [3.63, 3.8) is 0 Å². The van der Waals surface area contributed by atoms with E-state index >= 15 is 0 Å². The van der Waals surface area contributed by atoms with Crippen molar-refractivity contribution in [3.8, 4) is 0 Å². The summed E-state index contributed by atoms with van der Waals surface area (Å²) in [4.78, 5) is 27.2. The number of carbonyl (C=O) groups excluding carboxylic acids is 2. The topological polar surface area (TPSA) is 49.4 Å². The molecule has 0 aromatic carbocycles. The third-order valence-corrected chi connectivity index (χ3v) is 4.05. The van der Waals surface area contributed by atoms with Gasteiger partial charge in [0.05, 0.1) is 12.6 Å². The van der Waals surface area contributed by atoms with Gasteiger partial charge in [0.2, 0.25) is 11.8 Å². The summed E-state index contributed by atoms with van der Waals surface area (Å²) in [5, 5.41) is 2.56. The quantitative estimate of drug-likeness (QED) is 0.864. The molecule has 1 aromatic rings. The van der Waals surface area contributed by atoms with E-state index < -0.39 is 0 Å². The number of nitrogens with zero attached hydrogens (tertiary/aromatic N) is 1. The summed E-state index contributed by atoms with van der Waals surface area (Å²) in [6.45, 7) is 6.36. The summed E-state index contributed by atoms with van der Waals surface area (Å²) in [6, 6.07) is 2.07. The van der Waals surface area contributed by atoms with Gasteiger partial charge in [-0.2, -0.15) is 0 Å². The number of thiophene rings is 1. The minimum Gasteiger partial charge on any atom is -0.345 e. The van der Waals surface area contributed by atoms with Gasteiger partial charge in [-0.15, -0.1) is 11.3 Å². The molecule has 1 unspecified atom stereocenters. The summed E-state index contributed by atoms with van der Waals surface area (Å²) in [5.41, 5.74) is 1.15. The van der Waals surface area contributed by atoms with Crippen molar-refractivity contribution in [1.29, 1.82) is 0 Å². The molecule has 1 N–H and O–H groups in total. The third kappa shape index (κ3) is 2.34. The molecular formula is C12H16N2O2S. The van der Waals surface area contributed by atoms with E-state index in [2.05, 4.69) is 25.2 Å². The first-order valence-electron chi connectivity index (χ1n) is 5.62. The molecule has 1 aromatic heterocycles. The molecule has 0 saturated carbocycles. The predicted molar refractivity (Wildman–Crippen MR) is 66.9 cm³/mol. The van der Waals surface area contributed by atoms with Gasteiger partial charge in [-0.1, -0.05) is 0 Å². The highest BCUT2D eigenvalue weighted by Crippen LogP contribution is 2.30. The number of rotatable bonds is 2. The van der Waals surface area contributed by atoms with E-state index in [4.69, 9.17) is 0 Å². The van der Waals surface area contributed by atoms with E-state index in [-0.39, 0.29) is 30.9 Å². The summed E-state index contributed by atoms with van der Waals surface area (Å²) in [5.74, 6) is -0.0959. The monoisotopic (exact) mass is 252 g/mol. The third-order valence-electron chi connectivity index (χ3n) is 3.07. The van der Waals surface area contributed by atoms with Gasteiger partial charge in [0.25, 0.3) is 0 Å². The van der Waals surface area contributed by atoms with Gasteiger partial charge in [-0.3, -0.25) is 9.59 Å². The number of amides is 2. The fraction of sp³-hybridized carbons (Fsp3) is 0.500. The van der Waals surface area contributed by atoms with Crippen LogP contribution in [0.5, 0.6) is 0 Å². The first-order chi connectivity index (χ1) is 7.99. The molecule has 0 aliphatic carbocycles. The van der Waals surface area contributed by atoms with Crippen molar-refractivity contribution in [2.75, 3.05) is 13.1 Å².